The van der Waals surface area contributed by atoms with Gasteiger partial charge >= 0.3 is 0 Å². The van der Waals surface area contributed by atoms with Crippen LogP contribution >= 0.6 is 27.3 Å². The molecule has 0 radical (unpaired) electrons. The maximum absolute atomic E-state index is 11.6. The third-order valence-corrected chi connectivity index (χ3v) is 3.59. The van der Waals surface area contributed by atoms with Gasteiger partial charge in [-0.05, 0) is 28.9 Å². The van der Waals surface area contributed by atoms with Crippen LogP contribution in [-0.4, -0.2) is 11.1 Å². The highest BCUT2D eigenvalue weighted by Gasteiger charge is 2.11. The van der Waals surface area contributed by atoms with Gasteiger partial charge in [0.15, 0.2) is 0 Å². The van der Waals surface area contributed by atoms with E-state index in [4.69, 9.17) is 4.52 Å². The lowest BCUT2D eigenvalue weighted by Gasteiger charge is -1.98. The maximum Gasteiger partial charge on any atom is 0.290 e. The van der Waals surface area contributed by atoms with Crippen LogP contribution in [0.15, 0.2) is 26.5 Å². The summed E-state index contributed by atoms with van der Waals surface area (Å²) < 4.78 is 5.88. The summed E-state index contributed by atoms with van der Waals surface area (Å²) >= 11 is 4.94. The minimum absolute atomic E-state index is 0.244. The predicted octanol–water partition coefficient (Wildman–Crippen LogP) is 2.74. The molecule has 0 aliphatic rings. The SMILES string of the molecule is Cc1cc(C(=O)NCc2cc(Br)cs2)on1. The molecule has 6 heteroatoms. The number of thiophene rings is 1. The molecular weight excluding hydrogens is 292 g/mol. The van der Waals surface area contributed by atoms with Crippen LogP contribution in [0.3, 0.4) is 0 Å². The van der Waals surface area contributed by atoms with Gasteiger partial charge in [0.25, 0.3) is 5.91 Å². The molecule has 2 aromatic heterocycles. The molecule has 4 nitrogen and oxygen atoms in total. The van der Waals surface area contributed by atoms with Gasteiger partial charge in [0.2, 0.25) is 5.76 Å². The number of carbonyl (C=O) groups is 1. The smallest absolute Gasteiger partial charge is 0.290 e. The van der Waals surface area contributed by atoms with E-state index < -0.39 is 0 Å². The fraction of sp³-hybridized carbons (Fsp3) is 0.200. The van der Waals surface area contributed by atoms with Crippen molar-refractivity contribution in [2.24, 2.45) is 0 Å². The molecule has 84 valence electrons. The van der Waals surface area contributed by atoms with E-state index in [1.165, 1.54) is 0 Å². The lowest BCUT2D eigenvalue weighted by atomic mass is 10.3. The standard InChI is InChI=1S/C10H9BrN2O2S/c1-6-2-9(15-13-6)10(14)12-4-8-3-7(11)5-16-8/h2-3,5H,4H2,1H3,(H,12,14). The van der Waals surface area contributed by atoms with Crippen molar-refractivity contribution < 1.29 is 9.32 Å². The highest BCUT2D eigenvalue weighted by molar-refractivity contribution is 9.10. The Bertz CT molecular complexity index is 506. The summed E-state index contributed by atoms with van der Waals surface area (Å²) in [5.74, 6) is -0.00163. The summed E-state index contributed by atoms with van der Waals surface area (Å²) in [5.41, 5.74) is 0.698. The molecule has 0 unspecified atom stereocenters. The van der Waals surface area contributed by atoms with E-state index >= 15 is 0 Å². The minimum atomic E-state index is -0.245. The van der Waals surface area contributed by atoms with E-state index in [0.717, 1.165) is 9.35 Å². The first-order valence-electron chi connectivity index (χ1n) is 4.59. The van der Waals surface area contributed by atoms with E-state index in [1.54, 1.807) is 24.3 Å². The quantitative estimate of drug-likeness (QED) is 0.948. The van der Waals surface area contributed by atoms with Crippen LogP contribution in [0.25, 0.3) is 0 Å². The van der Waals surface area contributed by atoms with E-state index in [1.807, 2.05) is 11.4 Å². The van der Waals surface area contributed by atoms with Crippen LogP contribution in [0.5, 0.6) is 0 Å². The van der Waals surface area contributed by atoms with Gasteiger partial charge in [0, 0.05) is 20.8 Å². The monoisotopic (exact) mass is 300 g/mol. The maximum atomic E-state index is 11.6. The summed E-state index contributed by atoms with van der Waals surface area (Å²) in [4.78, 5) is 12.7. The summed E-state index contributed by atoms with van der Waals surface area (Å²) in [7, 11) is 0. The Morgan fingerprint density at radius 3 is 3.00 bits per heavy atom. The lowest BCUT2D eigenvalue weighted by molar-refractivity contribution is 0.0914. The summed E-state index contributed by atoms with van der Waals surface area (Å²) in [6, 6.07) is 3.58. The summed E-state index contributed by atoms with van der Waals surface area (Å²) in [5, 5.41) is 8.39. The van der Waals surface area contributed by atoms with Crippen molar-refractivity contribution in [3.8, 4) is 0 Å². The predicted molar refractivity (Wildman–Crippen MR) is 64.4 cm³/mol. The van der Waals surface area contributed by atoms with Crippen LogP contribution in [-0.2, 0) is 6.54 Å². The van der Waals surface area contributed by atoms with E-state index in [-0.39, 0.29) is 11.7 Å². The second-order valence-corrected chi connectivity index (χ2v) is 5.16. The van der Waals surface area contributed by atoms with Gasteiger partial charge in [-0.15, -0.1) is 11.3 Å². The van der Waals surface area contributed by atoms with Gasteiger partial charge in [-0.25, -0.2) is 0 Å². The zero-order chi connectivity index (χ0) is 11.5. The third kappa shape index (κ3) is 2.70. The fourth-order valence-corrected chi connectivity index (χ4v) is 2.56. The van der Waals surface area contributed by atoms with Gasteiger partial charge in [0.1, 0.15) is 0 Å². The minimum Gasteiger partial charge on any atom is -0.351 e. The van der Waals surface area contributed by atoms with Crippen LogP contribution < -0.4 is 5.32 Å². The molecular formula is C10H9BrN2O2S. The molecule has 0 bridgehead atoms. The van der Waals surface area contributed by atoms with Gasteiger partial charge in [0.05, 0.1) is 12.2 Å². The number of rotatable bonds is 3. The van der Waals surface area contributed by atoms with E-state index in [0.29, 0.717) is 12.2 Å². The molecule has 2 rings (SSSR count). The van der Waals surface area contributed by atoms with Crippen molar-refractivity contribution in [1.82, 2.24) is 10.5 Å². The molecule has 16 heavy (non-hydrogen) atoms. The number of nitrogens with zero attached hydrogens (tertiary/aromatic N) is 1. The Labute approximate surface area is 105 Å². The van der Waals surface area contributed by atoms with Crippen molar-refractivity contribution in [3.05, 3.63) is 38.3 Å². The number of carbonyl (C=O) groups excluding carboxylic acids is 1. The zero-order valence-electron chi connectivity index (χ0n) is 8.49. The average Bonchev–Trinajstić information content (AvgIpc) is 2.84. The molecule has 0 fully saturated rings. The van der Waals surface area contributed by atoms with Gasteiger partial charge < -0.3 is 9.84 Å². The number of halogens is 1. The Balaban J connectivity index is 1.93. The second kappa shape index (κ2) is 4.80. The van der Waals surface area contributed by atoms with Gasteiger partial charge in [-0.1, -0.05) is 5.16 Å². The number of aryl methyl sites for hydroxylation is 1. The lowest BCUT2D eigenvalue weighted by Crippen LogP contribution is -2.21. The second-order valence-electron chi connectivity index (χ2n) is 3.25. The Hall–Kier alpha value is -1.14. The molecule has 2 aromatic rings. The topological polar surface area (TPSA) is 55.1 Å². The molecule has 0 spiro atoms. The van der Waals surface area contributed by atoms with E-state index in [2.05, 4.69) is 26.4 Å². The average molecular weight is 301 g/mol. The zero-order valence-corrected chi connectivity index (χ0v) is 10.9. The number of hydrogen-bond donors (Lipinski definition) is 1. The Kier molecular flexibility index (Phi) is 3.40. The first kappa shape index (κ1) is 11.3. The number of hydrogen-bond acceptors (Lipinski definition) is 4. The molecule has 0 saturated carbocycles. The fourth-order valence-electron chi connectivity index (χ4n) is 1.17. The number of nitrogens with one attached hydrogen (secondary N) is 1. The van der Waals surface area contributed by atoms with E-state index in [9.17, 15) is 4.79 Å². The van der Waals surface area contributed by atoms with Crippen molar-refractivity contribution in [1.29, 1.82) is 0 Å². The third-order valence-electron chi connectivity index (χ3n) is 1.90. The van der Waals surface area contributed by atoms with Crippen LogP contribution in [0.2, 0.25) is 0 Å². The van der Waals surface area contributed by atoms with Crippen molar-refractivity contribution in [2.75, 3.05) is 0 Å². The van der Waals surface area contributed by atoms with Crippen molar-refractivity contribution >= 4 is 33.2 Å². The summed E-state index contributed by atoms with van der Waals surface area (Å²) in [6.45, 7) is 2.27. The Morgan fingerprint density at radius 2 is 2.44 bits per heavy atom. The molecule has 0 aliphatic carbocycles. The Morgan fingerprint density at radius 1 is 1.62 bits per heavy atom. The highest BCUT2D eigenvalue weighted by atomic mass is 79.9. The van der Waals surface area contributed by atoms with Gasteiger partial charge in [-0.3, -0.25) is 4.79 Å². The first-order valence-corrected chi connectivity index (χ1v) is 6.27. The highest BCUT2D eigenvalue weighted by Crippen LogP contribution is 2.19. The molecule has 0 saturated heterocycles. The summed E-state index contributed by atoms with van der Waals surface area (Å²) in [6.07, 6.45) is 0. The van der Waals surface area contributed by atoms with Gasteiger partial charge in [-0.2, -0.15) is 0 Å². The number of amides is 1. The number of aromatic nitrogens is 1. The van der Waals surface area contributed by atoms with Crippen LogP contribution in [0.4, 0.5) is 0 Å². The van der Waals surface area contributed by atoms with Crippen LogP contribution in [0.1, 0.15) is 21.1 Å². The molecule has 2 heterocycles. The molecule has 1 N–H and O–H groups in total. The molecule has 1 amide bonds. The molecule has 0 atom stereocenters. The molecule has 0 aromatic carbocycles. The van der Waals surface area contributed by atoms with Crippen LogP contribution in [0, 0.1) is 6.92 Å². The van der Waals surface area contributed by atoms with Crippen molar-refractivity contribution in [2.45, 2.75) is 13.5 Å². The normalized spacial score (nSPS) is 10.4. The molecule has 0 aliphatic heterocycles. The first-order chi connectivity index (χ1) is 7.65. The largest absolute Gasteiger partial charge is 0.351 e. The van der Waals surface area contributed by atoms with Crippen molar-refractivity contribution in [3.63, 3.8) is 0 Å².